The highest BCUT2D eigenvalue weighted by Gasteiger charge is 2.38. The third-order valence-corrected chi connectivity index (χ3v) is 13.5. The lowest BCUT2D eigenvalue weighted by atomic mass is 9.63. The third kappa shape index (κ3) is 4.27. The molecule has 9 aromatic carbocycles. The molecule has 2 nitrogen and oxygen atoms in total. The number of para-hydroxylation sites is 1. The van der Waals surface area contributed by atoms with Gasteiger partial charge in [0.15, 0.2) is 0 Å². The zero-order valence-electron chi connectivity index (χ0n) is 32.3. The molecule has 12 rings (SSSR count). The van der Waals surface area contributed by atoms with Crippen molar-refractivity contribution in [2.75, 3.05) is 0 Å². The van der Waals surface area contributed by atoms with Gasteiger partial charge in [0, 0.05) is 32.9 Å². The summed E-state index contributed by atoms with van der Waals surface area (Å²) in [5.41, 5.74) is 10.5. The normalized spacial score (nSPS) is 15.3. The summed E-state index contributed by atoms with van der Waals surface area (Å²) >= 11 is 0. The largest absolute Gasteiger partial charge is 0.309 e. The van der Waals surface area contributed by atoms with E-state index < -0.39 is 0 Å². The van der Waals surface area contributed by atoms with Crippen molar-refractivity contribution in [3.8, 4) is 11.4 Å². The highest BCUT2D eigenvalue weighted by molar-refractivity contribution is 6.27. The van der Waals surface area contributed by atoms with Crippen LogP contribution >= 0.6 is 0 Å². The Morgan fingerprint density at radius 1 is 0.339 bits per heavy atom. The van der Waals surface area contributed by atoms with Crippen molar-refractivity contribution in [2.45, 2.75) is 51.4 Å². The summed E-state index contributed by atoms with van der Waals surface area (Å²) in [6.07, 6.45) is 2.38. The average Bonchev–Trinajstić information content (AvgIpc) is 3.73. The van der Waals surface area contributed by atoms with Gasteiger partial charge < -0.3 is 9.13 Å². The Labute approximate surface area is 326 Å². The summed E-state index contributed by atoms with van der Waals surface area (Å²) in [7, 11) is 0. The van der Waals surface area contributed by atoms with Crippen molar-refractivity contribution in [2.24, 2.45) is 0 Å². The molecule has 0 saturated heterocycles. The first-order valence-corrected chi connectivity index (χ1v) is 20.1. The summed E-state index contributed by atoms with van der Waals surface area (Å²) in [6.45, 7) is 9.76. The zero-order chi connectivity index (χ0) is 37.5. The molecule has 0 aliphatic heterocycles. The number of nitrogens with zero attached hydrogens (tertiary/aromatic N) is 2. The van der Waals surface area contributed by atoms with Gasteiger partial charge in [0.2, 0.25) is 0 Å². The maximum absolute atomic E-state index is 2.56. The minimum Gasteiger partial charge on any atom is -0.309 e. The Morgan fingerprint density at radius 3 is 1.55 bits per heavy atom. The van der Waals surface area contributed by atoms with Crippen molar-refractivity contribution in [3.63, 3.8) is 0 Å². The van der Waals surface area contributed by atoms with Crippen molar-refractivity contribution in [1.29, 1.82) is 0 Å². The van der Waals surface area contributed by atoms with Crippen molar-refractivity contribution < 1.29 is 0 Å². The number of benzene rings is 9. The molecule has 0 N–H and O–H groups in total. The lowest BCUT2D eigenvalue weighted by Crippen LogP contribution is -2.33. The minimum atomic E-state index is 0.110. The van der Waals surface area contributed by atoms with E-state index in [0.29, 0.717) is 0 Å². The van der Waals surface area contributed by atoms with Gasteiger partial charge in [-0.25, -0.2) is 0 Å². The zero-order valence-corrected chi connectivity index (χ0v) is 32.3. The lowest BCUT2D eigenvalue weighted by Gasteiger charge is -2.42. The lowest BCUT2D eigenvalue weighted by molar-refractivity contribution is 0.332. The SMILES string of the molecule is CC1(C)CCC(C)(C)c2cc3c(cc21)c1cc2c4c5ccccc5ccc4n(-c4ccc5c6ccccc6c6ccccc6c5c4)c2cc1n3-c1ccccc1. The highest BCUT2D eigenvalue weighted by Crippen LogP contribution is 2.50. The van der Waals surface area contributed by atoms with E-state index in [1.165, 1.54) is 122 Å². The Balaban J connectivity index is 1.26. The fourth-order valence-electron chi connectivity index (χ4n) is 10.5. The first kappa shape index (κ1) is 31.9. The summed E-state index contributed by atoms with van der Waals surface area (Å²) in [6, 6.07) is 59.5. The van der Waals surface area contributed by atoms with Gasteiger partial charge in [0.05, 0.1) is 22.1 Å². The Hall–Kier alpha value is -6.38. The van der Waals surface area contributed by atoms with E-state index in [1.54, 1.807) is 0 Å². The fraction of sp³-hybridized carbons (Fsp3) is 0.148. The summed E-state index contributed by atoms with van der Waals surface area (Å²) < 4.78 is 5.06. The van der Waals surface area contributed by atoms with E-state index in [9.17, 15) is 0 Å². The summed E-state index contributed by atoms with van der Waals surface area (Å²) in [5.74, 6) is 0. The average molecular weight is 719 g/mol. The van der Waals surface area contributed by atoms with Crippen LogP contribution in [0, 0.1) is 0 Å². The molecule has 0 amide bonds. The molecule has 0 radical (unpaired) electrons. The smallest absolute Gasteiger partial charge is 0.0562 e. The molecule has 0 fully saturated rings. The molecular weight excluding hydrogens is 677 g/mol. The predicted octanol–water partition coefficient (Wildman–Crippen LogP) is 14.8. The van der Waals surface area contributed by atoms with Gasteiger partial charge in [-0.05, 0) is 132 Å². The van der Waals surface area contributed by atoms with Crippen LogP contribution in [0.4, 0.5) is 0 Å². The molecule has 0 spiro atoms. The number of fused-ring (bicyclic) bond motifs is 15. The standard InChI is InChI=1S/C54H42N2/c1-53(2)26-27-54(3,4)47-31-49-44(30-46(47)53)43-29-45-51(32-50(43)55(49)34-15-6-5-7-16-34)56(48-25-22-33-14-8-9-17-36(33)52(45)48)35-23-24-41-39-20-11-10-18-37(39)38-19-12-13-21-40(38)42(41)28-35/h5-25,28-32H,26-27H2,1-4H3. The van der Waals surface area contributed by atoms with Gasteiger partial charge in [-0.1, -0.05) is 131 Å². The topological polar surface area (TPSA) is 9.86 Å². The van der Waals surface area contributed by atoms with Crippen molar-refractivity contribution in [1.82, 2.24) is 9.13 Å². The Kier molecular flexibility index (Phi) is 6.33. The van der Waals surface area contributed by atoms with E-state index in [-0.39, 0.29) is 10.8 Å². The molecule has 0 atom stereocenters. The van der Waals surface area contributed by atoms with Crippen LogP contribution < -0.4 is 0 Å². The molecule has 0 unspecified atom stereocenters. The van der Waals surface area contributed by atoms with Crippen LogP contribution in [0.15, 0.2) is 158 Å². The first-order chi connectivity index (χ1) is 27.3. The van der Waals surface area contributed by atoms with Crippen LogP contribution in [0.1, 0.15) is 51.7 Å². The quantitative estimate of drug-likeness (QED) is 0.158. The van der Waals surface area contributed by atoms with Crippen LogP contribution in [0.2, 0.25) is 0 Å². The minimum absolute atomic E-state index is 0.110. The van der Waals surface area contributed by atoms with E-state index in [1.807, 2.05) is 0 Å². The number of hydrogen-bond donors (Lipinski definition) is 0. The first-order valence-electron chi connectivity index (χ1n) is 20.1. The monoisotopic (exact) mass is 718 g/mol. The maximum atomic E-state index is 2.56. The van der Waals surface area contributed by atoms with Gasteiger partial charge >= 0.3 is 0 Å². The van der Waals surface area contributed by atoms with Gasteiger partial charge in [0.25, 0.3) is 0 Å². The van der Waals surface area contributed by atoms with E-state index in [2.05, 4.69) is 195 Å². The molecule has 2 heterocycles. The van der Waals surface area contributed by atoms with E-state index >= 15 is 0 Å². The van der Waals surface area contributed by atoms with Crippen LogP contribution in [0.3, 0.4) is 0 Å². The molecule has 56 heavy (non-hydrogen) atoms. The van der Waals surface area contributed by atoms with Crippen LogP contribution in [-0.2, 0) is 10.8 Å². The molecule has 268 valence electrons. The van der Waals surface area contributed by atoms with Crippen LogP contribution in [0.5, 0.6) is 0 Å². The second-order valence-electron chi connectivity index (χ2n) is 17.6. The number of rotatable bonds is 2. The molecule has 1 aliphatic carbocycles. The Morgan fingerprint density at radius 2 is 0.857 bits per heavy atom. The maximum Gasteiger partial charge on any atom is 0.0562 e. The third-order valence-electron chi connectivity index (χ3n) is 13.5. The van der Waals surface area contributed by atoms with Gasteiger partial charge in [-0.2, -0.15) is 0 Å². The van der Waals surface area contributed by atoms with Gasteiger partial charge in [-0.3, -0.25) is 0 Å². The predicted molar refractivity (Wildman–Crippen MR) is 240 cm³/mol. The summed E-state index contributed by atoms with van der Waals surface area (Å²) in [4.78, 5) is 0. The van der Waals surface area contributed by atoms with Crippen molar-refractivity contribution >= 4 is 86.7 Å². The van der Waals surface area contributed by atoms with Gasteiger partial charge in [0.1, 0.15) is 0 Å². The summed E-state index contributed by atoms with van der Waals surface area (Å²) in [5, 5.41) is 15.5. The molecule has 11 aromatic rings. The van der Waals surface area contributed by atoms with Crippen LogP contribution in [-0.4, -0.2) is 9.13 Å². The van der Waals surface area contributed by atoms with Crippen LogP contribution in [0.25, 0.3) is 98.1 Å². The second-order valence-corrected chi connectivity index (χ2v) is 17.6. The van der Waals surface area contributed by atoms with E-state index in [4.69, 9.17) is 0 Å². The molecule has 2 aromatic heterocycles. The van der Waals surface area contributed by atoms with E-state index in [0.717, 1.165) is 0 Å². The highest BCUT2D eigenvalue weighted by atomic mass is 15.0. The fourth-order valence-corrected chi connectivity index (χ4v) is 10.5. The number of aromatic nitrogens is 2. The Bertz CT molecular complexity index is 3430. The van der Waals surface area contributed by atoms with Crippen molar-refractivity contribution in [3.05, 3.63) is 169 Å². The second kappa shape index (κ2) is 11.1. The molecule has 1 aliphatic rings. The molecule has 2 heteroatoms. The molecule has 0 saturated carbocycles. The number of hydrogen-bond acceptors (Lipinski definition) is 0. The molecule has 0 bridgehead atoms. The molecular formula is C54H42N2. The van der Waals surface area contributed by atoms with Gasteiger partial charge in [-0.15, -0.1) is 0 Å².